The first kappa shape index (κ1) is 16.4. The molecule has 2 rings (SSSR count). The van der Waals surface area contributed by atoms with Gasteiger partial charge in [-0.25, -0.2) is 13.1 Å². The van der Waals surface area contributed by atoms with Gasteiger partial charge < -0.3 is 10.2 Å². The number of benzene rings is 1. The van der Waals surface area contributed by atoms with Crippen LogP contribution in [0.25, 0.3) is 0 Å². The van der Waals surface area contributed by atoms with Crippen LogP contribution >= 0.6 is 0 Å². The van der Waals surface area contributed by atoms with E-state index < -0.39 is 10.0 Å². The monoisotopic (exact) mass is 311 g/mol. The fourth-order valence-corrected chi connectivity index (χ4v) is 3.91. The molecule has 1 saturated heterocycles. The van der Waals surface area contributed by atoms with Crippen LogP contribution in [0.5, 0.6) is 0 Å². The first-order chi connectivity index (χ1) is 9.92. The standard InChI is InChI=1S/C15H25N3O2S/c1-12(16-2)13-6-8-15(9-7-13)21(19,20)17-14-5-4-10-18(3)11-14/h6-9,12,14,16-17H,4-5,10-11H2,1-3H3. The summed E-state index contributed by atoms with van der Waals surface area (Å²) in [6, 6.07) is 7.30. The number of nitrogens with one attached hydrogen (secondary N) is 2. The molecule has 1 aliphatic rings. The zero-order valence-corrected chi connectivity index (χ0v) is 13.8. The van der Waals surface area contributed by atoms with Crippen LogP contribution in [-0.2, 0) is 10.0 Å². The molecule has 0 spiro atoms. The molecule has 5 nitrogen and oxygen atoms in total. The Balaban J connectivity index is 2.08. The highest BCUT2D eigenvalue weighted by atomic mass is 32.2. The smallest absolute Gasteiger partial charge is 0.240 e. The molecule has 0 amide bonds. The molecule has 2 atom stereocenters. The lowest BCUT2D eigenvalue weighted by Crippen LogP contribution is -2.46. The fraction of sp³-hybridized carbons (Fsp3) is 0.600. The highest BCUT2D eigenvalue weighted by Crippen LogP contribution is 2.17. The molecule has 0 aliphatic carbocycles. The first-order valence-electron chi connectivity index (χ1n) is 7.40. The Kier molecular flexibility index (Phi) is 5.37. The van der Waals surface area contributed by atoms with Crippen LogP contribution in [0.3, 0.4) is 0 Å². The topological polar surface area (TPSA) is 61.4 Å². The number of rotatable bonds is 5. The van der Waals surface area contributed by atoms with Gasteiger partial charge in [0.1, 0.15) is 0 Å². The summed E-state index contributed by atoms with van der Waals surface area (Å²) in [4.78, 5) is 2.50. The van der Waals surface area contributed by atoms with Crippen LogP contribution in [0, 0.1) is 0 Å². The normalized spacial score (nSPS) is 22.1. The highest BCUT2D eigenvalue weighted by Gasteiger charge is 2.23. The maximum atomic E-state index is 12.4. The van der Waals surface area contributed by atoms with Gasteiger partial charge in [-0.1, -0.05) is 12.1 Å². The SMILES string of the molecule is CNC(C)c1ccc(S(=O)(=O)NC2CCCN(C)C2)cc1. The van der Waals surface area contributed by atoms with Gasteiger partial charge >= 0.3 is 0 Å². The molecule has 6 heteroatoms. The van der Waals surface area contributed by atoms with Crippen LogP contribution < -0.4 is 10.0 Å². The third kappa shape index (κ3) is 4.26. The van der Waals surface area contributed by atoms with Crippen molar-refractivity contribution in [1.29, 1.82) is 0 Å². The quantitative estimate of drug-likeness (QED) is 0.861. The third-order valence-corrected chi connectivity index (χ3v) is 5.61. The molecular weight excluding hydrogens is 286 g/mol. The summed E-state index contributed by atoms with van der Waals surface area (Å²) < 4.78 is 27.6. The van der Waals surface area contributed by atoms with Crippen molar-refractivity contribution in [3.63, 3.8) is 0 Å². The Morgan fingerprint density at radius 1 is 1.29 bits per heavy atom. The van der Waals surface area contributed by atoms with Crippen LogP contribution in [0.2, 0.25) is 0 Å². The molecule has 2 unspecified atom stereocenters. The average molecular weight is 311 g/mol. The molecule has 1 aromatic rings. The van der Waals surface area contributed by atoms with Gasteiger partial charge in [0.2, 0.25) is 10.0 Å². The van der Waals surface area contributed by atoms with E-state index >= 15 is 0 Å². The molecule has 0 bridgehead atoms. The van der Waals surface area contributed by atoms with Gasteiger partial charge in [-0.3, -0.25) is 0 Å². The lowest BCUT2D eigenvalue weighted by Gasteiger charge is -2.30. The highest BCUT2D eigenvalue weighted by molar-refractivity contribution is 7.89. The van der Waals surface area contributed by atoms with Gasteiger partial charge in [0.15, 0.2) is 0 Å². The Morgan fingerprint density at radius 3 is 2.52 bits per heavy atom. The summed E-state index contributed by atoms with van der Waals surface area (Å²) in [5, 5.41) is 3.14. The van der Waals surface area contributed by atoms with E-state index in [9.17, 15) is 8.42 Å². The maximum absolute atomic E-state index is 12.4. The minimum Gasteiger partial charge on any atom is -0.313 e. The van der Waals surface area contributed by atoms with Crippen molar-refractivity contribution in [2.45, 2.75) is 36.7 Å². The maximum Gasteiger partial charge on any atom is 0.240 e. The van der Waals surface area contributed by atoms with Gasteiger partial charge in [-0.05, 0) is 58.1 Å². The van der Waals surface area contributed by atoms with E-state index in [1.54, 1.807) is 12.1 Å². The van der Waals surface area contributed by atoms with E-state index in [4.69, 9.17) is 0 Å². The Labute approximate surface area is 127 Å². The van der Waals surface area contributed by atoms with Gasteiger partial charge in [-0.15, -0.1) is 0 Å². The Morgan fingerprint density at radius 2 is 1.95 bits per heavy atom. The Hall–Kier alpha value is -0.950. The predicted molar refractivity (Wildman–Crippen MR) is 84.8 cm³/mol. The van der Waals surface area contributed by atoms with E-state index in [0.29, 0.717) is 4.90 Å². The molecule has 1 aromatic carbocycles. The summed E-state index contributed by atoms with van der Waals surface area (Å²) in [5.74, 6) is 0. The number of nitrogens with zero attached hydrogens (tertiary/aromatic N) is 1. The van der Waals surface area contributed by atoms with Gasteiger partial charge in [0.25, 0.3) is 0 Å². The molecule has 1 heterocycles. The minimum atomic E-state index is -3.43. The van der Waals surface area contributed by atoms with Crippen molar-refractivity contribution in [3.8, 4) is 0 Å². The second kappa shape index (κ2) is 6.87. The summed E-state index contributed by atoms with van der Waals surface area (Å²) in [5.41, 5.74) is 1.08. The summed E-state index contributed by atoms with van der Waals surface area (Å²) >= 11 is 0. The molecular formula is C15H25N3O2S. The molecule has 2 N–H and O–H groups in total. The number of likely N-dealkylation sites (tertiary alicyclic amines) is 1. The minimum absolute atomic E-state index is 0.00431. The first-order valence-corrected chi connectivity index (χ1v) is 8.89. The van der Waals surface area contributed by atoms with Crippen molar-refractivity contribution in [2.75, 3.05) is 27.2 Å². The fourth-order valence-electron chi connectivity index (χ4n) is 2.65. The van der Waals surface area contributed by atoms with Crippen LogP contribution in [0.4, 0.5) is 0 Å². The van der Waals surface area contributed by atoms with Crippen LogP contribution in [0.15, 0.2) is 29.2 Å². The zero-order chi connectivity index (χ0) is 15.5. The van der Waals surface area contributed by atoms with Crippen LogP contribution in [-0.4, -0.2) is 46.5 Å². The van der Waals surface area contributed by atoms with Gasteiger partial charge in [0, 0.05) is 18.6 Å². The second-order valence-electron chi connectivity index (χ2n) is 5.80. The summed E-state index contributed by atoms with van der Waals surface area (Å²) in [6.45, 7) is 3.85. The molecule has 0 aromatic heterocycles. The van der Waals surface area contributed by atoms with E-state index in [2.05, 4.69) is 14.9 Å². The predicted octanol–water partition coefficient (Wildman–Crippen LogP) is 1.34. The number of hydrogen-bond acceptors (Lipinski definition) is 4. The second-order valence-corrected chi connectivity index (χ2v) is 7.52. The molecule has 1 aliphatic heterocycles. The number of sulfonamides is 1. The number of piperidine rings is 1. The lowest BCUT2D eigenvalue weighted by atomic mass is 10.1. The summed E-state index contributed by atoms with van der Waals surface area (Å²) in [6.07, 6.45) is 1.93. The lowest BCUT2D eigenvalue weighted by molar-refractivity contribution is 0.242. The van der Waals surface area contributed by atoms with Crippen molar-refractivity contribution in [2.24, 2.45) is 0 Å². The van der Waals surface area contributed by atoms with E-state index in [1.165, 1.54) is 0 Å². The van der Waals surface area contributed by atoms with Gasteiger partial charge in [0.05, 0.1) is 4.90 Å². The molecule has 1 fully saturated rings. The largest absolute Gasteiger partial charge is 0.313 e. The van der Waals surface area contributed by atoms with Gasteiger partial charge in [-0.2, -0.15) is 0 Å². The van der Waals surface area contributed by atoms with Crippen molar-refractivity contribution < 1.29 is 8.42 Å². The van der Waals surface area contributed by atoms with Crippen molar-refractivity contribution >= 4 is 10.0 Å². The van der Waals surface area contributed by atoms with Crippen molar-refractivity contribution in [3.05, 3.63) is 29.8 Å². The average Bonchev–Trinajstić information content (AvgIpc) is 2.46. The zero-order valence-electron chi connectivity index (χ0n) is 13.0. The van der Waals surface area contributed by atoms with E-state index in [-0.39, 0.29) is 12.1 Å². The number of likely N-dealkylation sites (N-methyl/N-ethyl adjacent to an activating group) is 1. The Bertz CT molecular complexity index is 557. The summed E-state index contributed by atoms with van der Waals surface area (Å²) in [7, 11) is 0.478. The number of hydrogen-bond donors (Lipinski definition) is 2. The van der Waals surface area contributed by atoms with Crippen molar-refractivity contribution in [1.82, 2.24) is 14.9 Å². The molecule has 0 saturated carbocycles. The van der Waals surface area contributed by atoms with E-state index in [0.717, 1.165) is 31.5 Å². The van der Waals surface area contributed by atoms with E-state index in [1.807, 2.05) is 33.2 Å². The molecule has 21 heavy (non-hydrogen) atoms. The molecule has 118 valence electrons. The molecule has 0 radical (unpaired) electrons. The van der Waals surface area contributed by atoms with Crippen LogP contribution in [0.1, 0.15) is 31.4 Å². The third-order valence-electron chi connectivity index (χ3n) is 4.07.